The Morgan fingerprint density at radius 2 is 1.97 bits per heavy atom. The summed E-state index contributed by atoms with van der Waals surface area (Å²) in [6.07, 6.45) is 1.68. The summed E-state index contributed by atoms with van der Waals surface area (Å²) in [4.78, 5) is 31.8. The summed E-state index contributed by atoms with van der Waals surface area (Å²) < 4.78 is 1.70. The van der Waals surface area contributed by atoms with Gasteiger partial charge in [-0.15, -0.1) is 0 Å². The van der Waals surface area contributed by atoms with Crippen LogP contribution in [0.25, 0.3) is 11.4 Å². The molecule has 2 atom stereocenters. The fourth-order valence-electron chi connectivity index (χ4n) is 3.63. The molecular formula is C22H23N5O3. The molecule has 0 bridgehead atoms. The molecule has 0 saturated heterocycles. The van der Waals surface area contributed by atoms with E-state index >= 15 is 0 Å². The number of rotatable bonds is 6. The lowest BCUT2D eigenvalue weighted by atomic mass is 10.1. The van der Waals surface area contributed by atoms with Crippen molar-refractivity contribution in [2.45, 2.75) is 25.6 Å². The Hall–Kier alpha value is -3.52. The number of nitrogens with zero attached hydrogens (tertiary/aromatic N) is 4. The Morgan fingerprint density at radius 1 is 1.20 bits per heavy atom. The van der Waals surface area contributed by atoms with Gasteiger partial charge < -0.3 is 15.3 Å². The standard InChI is InChI=1S/C22H23N5O3/c1-14(21(29)25-18(13-28)15-6-4-3-5-7-15)27-12-16-8-9-17(24-20(16)22(27)30)19-10-11-23-26(19)2/h3-11,14,18,28H,12-13H2,1-2H3,(H,25,29)/t14-,18-/m1/s1. The number of aryl methyl sites for hydroxylation is 1. The van der Waals surface area contributed by atoms with E-state index in [0.717, 1.165) is 16.8 Å². The molecule has 30 heavy (non-hydrogen) atoms. The molecule has 154 valence electrons. The van der Waals surface area contributed by atoms with Crippen LogP contribution in [-0.4, -0.2) is 49.2 Å². The molecule has 2 aromatic heterocycles. The maximum Gasteiger partial charge on any atom is 0.273 e. The first-order valence-corrected chi connectivity index (χ1v) is 9.75. The van der Waals surface area contributed by atoms with Crippen LogP contribution in [0, 0.1) is 0 Å². The summed E-state index contributed by atoms with van der Waals surface area (Å²) in [5.41, 5.74) is 3.41. The summed E-state index contributed by atoms with van der Waals surface area (Å²) in [5.74, 6) is -0.608. The first-order chi connectivity index (χ1) is 14.5. The van der Waals surface area contributed by atoms with Gasteiger partial charge in [-0.25, -0.2) is 4.98 Å². The number of nitrogens with one attached hydrogen (secondary N) is 1. The zero-order chi connectivity index (χ0) is 21.3. The number of carbonyl (C=O) groups excluding carboxylic acids is 2. The van der Waals surface area contributed by atoms with E-state index in [1.165, 1.54) is 4.90 Å². The fourth-order valence-corrected chi connectivity index (χ4v) is 3.63. The van der Waals surface area contributed by atoms with Gasteiger partial charge in [0.05, 0.1) is 24.0 Å². The van der Waals surface area contributed by atoms with Crippen LogP contribution in [0.2, 0.25) is 0 Å². The first kappa shape index (κ1) is 19.8. The van der Waals surface area contributed by atoms with Crippen LogP contribution >= 0.6 is 0 Å². The maximum atomic E-state index is 13.0. The summed E-state index contributed by atoms with van der Waals surface area (Å²) in [7, 11) is 1.81. The van der Waals surface area contributed by atoms with E-state index in [1.807, 2.05) is 55.6 Å². The Balaban J connectivity index is 1.50. The van der Waals surface area contributed by atoms with Gasteiger partial charge in [-0.3, -0.25) is 14.3 Å². The first-order valence-electron chi connectivity index (χ1n) is 9.75. The third kappa shape index (κ3) is 3.57. The van der Waals surface area contributed by atoms with Gasteiger partial charge in [0.1, 0.15) is 11.7 Å². The van der Waals surface area contributed by atoms with E-state index in [0.29, 0.717) is 17.9 Å². The van der Waals surface area contributed by atoms with Crippen LogP contribution in [-0.2, 0) is 18.4 Å². The van der Waals surface area contributed by atoms with Gasteiger partial charge in [0, 0.05) is 25.4 Å². The summed E-state index contributed by atoms with van der Waals surface area (Å²) >= 11 is 0. The summed E-state index contributed by atoms with van der Waals surface area (Å²) in [5, 5.41) is 16.7. The number of hydrogen-bond donors (Lipinski definition) is 2. The SMILES string of the molecule is C[C@H](C(=O)N[C@H](CO)c1ccccc1)N1Cc2ccc(-c3ccnn3C)nc2C1=O. The molecule has 2 N–H and O–H groups in total. The number of pyridine rings is 1. The second kappa shape index (κ2) is 8.08. The van der Waals surface area contributed by atoms with Crippen molar-refractivity contribution in [2.75, 3.05) is 6.61 Å². The van der Waals surface area contributed by atoms with Gasteiger partial charge in [0.2, 0.25) is 5.91 Å². The minimum absolute atomic E-state index is 0.230. The highest BCUT2D eigenvalue weighted by atomic mass is 16.3. The Morgan fingerprint density at radius 3 is 2.63 bits per heavy atom. The van der Waals surface area contributed by atoms with Gasteiger partial charge in [0.25, 0.3) is 5.91 Å². The third-order valence-electron chi connectivity index (χ3n) is 5.41. The second-order valence-corrected chi connectivity index (χ2v) is 7.31. The molecule has 0 saturated carbocycles. The van der Waals surface area contributed by atoms with Crippen LogP contribution < -0.4 is 5.32 Å². The van der Waals surface area contributed by atoms with Crippen LogP contribution in [0.5, 0.6) is 0 Å². The molecule has 0 radical (unpaired) electrons. The molecule has 8 nitrogen and oxygen atoms in total. The van der Waals surface area contributed by atoms with E-state index in [9.17, 15) is 14.7 Å². The van der Waals surface area contributed by atoms with Gasteiger partial charge in [-0.1, -0.05) is 36.4 Å². The normalized spacial score (nSPS) is 15.0. The van der Waals surface area contributed by atoms with E-state index in [2.05, 4.69) is 15.4 Å². The van der Waals surface area contributed by atoms with Crippen LogP contribution in [0.4, 0.5) is 0 Å². The molecule has 8 heteroatoms. The fraction of sp³-hybridized carbons (Fsp3) is 0.273. The summed E-state index contributed by atoms with van der Waals surface area (Å²) in [6.45, 7) is 1.77. The highest BCUT2D eigenvalue weighted by molar-refractivity contribution is 6.00. The van der Waals surface area contributed by atoms with E-state index in [4.69, 9.17) is 0 Å². The van der Waals surface area contributed by atoms with Crippen LogP contribution in [0.1, 0.15) is 34.6 Å². The number of amides is 2. The molecule has 0 fully saturated rings. The van der Waals surface area contributed by atoms with Crippen LogP contribution in [0.15, 0.2) is 54.7 Å². The molecule has 1 aliphatic rings. The molecule has 3 aromatic rings. The number of fused-ring (bicyclic) bond motifs is 1. The molecular weight excluding hydrogens is 382 g/mol. The minimum Gasteiger partial charge on any atom is -0.394 e. The third-order valence-corrected chi connectivity index (χ3v) is 5.41. The minimum atomic E-state index is -0.704. The topological polar surface area (TPSA) is 100 Å². The monoisotopic (exact) mass is 405 g/mol. The van der Waals surface area contributed by atoms with Crippen molar-refractivity contribution < 1.29 is 14.7 Å². The van der Waals surface area contributed by atoms with Gasteiger partial charge in [0.15, 0.2) is 0 Å². The van der Waals surface area contributed by atoms with Crippen molar-refractivity contribution in [2.24, 2.45) is 7.05 Å². The van der Waals surface area contributed by atoms with Crippen molar-refractivity contribution in [1.82, 2.24) is 25.0 Å². The van der Waals surface area contributed by atoms with E-state index < -0.39 is 12.1 Å². The van der Waals surface area contributed by atoms with Crippen LogP contribution in [0.3, 0.4) is 0 Å². The van der Waals surface area contributed by atoms with E-state index in [-0.39, 0.29) is 18.4 Å². The zero-order valence-corrected chi connectivity index (χ0v) is 16.8. The van der Waals surface area contributed by atoms with Crippen molar-refractivity contribution in [1.29, 1.82) is 0 Å². The molecule has 1 aliphatic heterocycles. The number of aliphatic hydroxyl groups is 1. The predicted octanol–water partition coefficient (Wildman–Crippen LogP) is 1.68. The molecule has 0 unspecified atom stereocenters. The van der Waals surface area contributed by atoms with E-state index in [1.54, 1.807) is 17.8 Å². The van der Waals surface area contributed by atoms with Crippen molar-refractivity contribution >= 4 is 11.8 Å². The number of hydrogen-bond acceptors (Lipinski definition) is 5. The Bertz CT molecular complexity index is 1080. The Kier molecular flexibility index (Phi) is 5.33. The largest absolute Gasteiger partial charge is 0.394 e. The number of aliphatic hydroxyl groups excluding tert-OH is 1. The Labute approximate surface area is 174 Å². The summed E-state index contributed by atoms with van der Waals surface area (Å²) in [6, 6.07) is 13.6. The zero-order valence-electron chi connectivity index (χ0n) is 16.8. The number of carbonyl (C=O) groups is 2. The number of aromatic nitrogens is 3. The smallest absolute Gasteiger partial charge is 0.273 e. The van der Waals surface area contributed by atoms with Gasteiger partial charge >= 0.3 is 0 Å². The lowest BCUT2D eigenvalue weighted by Crippen LogP contribution is -2.46. The lowest BCUT2D eigenvalue weighted by molar-refractivity contribution is -0.126. The quantitative estimate of drug-likeness (QED) is 0.650. The molecule has 1 aromatic carbocycles. The maximum absolute atomic E-state index is 13.0. The highest BCUT2D eigenvalue weighted by Gasteiger charge is 2.36. The van der Waals surface area contributed by atoms with Crippen molar-refractivity contribution in [3.63, 3.8) is 0 Å². The average Bonchev–Trinajstić information content (AvgIpc) is 3.34. The highest BCUT2D eigenvalue weighted by Crippen LogP contribution is 2.27. The molecule has 0 spiro atoms. The number of benzene rings is 1. The molecule has 2 amide bonds. The van der Waals surface area contributed by atoms with Crippen molar-refractivity contribution in [3.8, 4) is 11.4 Å². The second-order valence-electron chi connectivity index (χ2n) is 7.31. The predicted molar refractivity (Wildman–Crippen MR) is 110 cm³/mol. The molecule has 4 rings (SSSR count). The van der Waals surface area contributed by atoms with Gasteiger partial charge in [-0.05, 0) is 24.6 Å². The lowest BCUT2D eigenvalue weighted by Gasteiger charge is -2.25. The average molecular weight is 405 g/mol. The molecule has 0 aliphatic carbocycles. The van der Waals surface area contributed by atoms with Gasteiger partial charge in [-0.2, -0.15) is 5.10 Å². The molecule has 3 heterocycles. The van der Waals surface area contributed by atoms with Crippen molar-refractivity contribution in [3.05, 3.63) is 71.5 Å².